The summed E-state index contributed by atoms with van der Waals surface area (Å²) >= 11 is 1.55. The van der Waals surface area contributed by atoms with Gasteiger partial charge in [0.1, 0.15) is 0 Å². The Hall–Kier alpha value is -2.40. The molecule has 5 heteroatoms. The summed E-state index contributed by atoms with van der Waals surface area (Å²) < 4.78 is 6.45. The lowest BCUT2D eigenvalue weighted by molar-refractivity contribution is 0.0437. The second kappa shape index (κ2) is 4.31. The third-order valence-electron chi connectivity index (χ3n) is 3.24. The molecule has 0 fully saturated rings. The number of ether oxygens (including phenoxy) is 1. The van der Waals surface area contributed by atoms with E-state index < -0.39 is 6.23 Å². The molecule has 0 saturated heterocycles. The summed E-state index contributed by atoms with van der Waals surface area (Å²) in [4.78, 5) is 16.2. The number of rotatable bonds is 2. The van der Waals surface area contributed by atoms with Crippen molar-refractivity contribution in [2.75, 3.05) is 5.32 Å². The second-order valence-electron chi connectivity index (χ2n) is 4.50. The Morgan fingerprint density at radius 2 is 1.90 bits per heavy atom. The third kappa shape index (κ3) is 1.75. The fourth-order valence-corrected chi connectivity index (χ4v) is 3.18. The van der Waals surface area contributed by atoms with Crippen molar-refractivity contribution in [1.29, 1.82) is 0 Å². The van der Waals surface area contributed by atoms with Gasteiger partial charge in [0.05, 0.1) is 15.8 Å². The van der Waals surface area contributed by atoms with E-state index in [2.05, 4.69) is 10.3 Å². The summed E-state index contributed by atoms with van der Waals surface area (Å²) in [5.74, 6) is -0.292. The first-order valence-corrected chi connectivity index (χ1v) is 7.05. The van der Waals surface area contributed by atoms with Gasteiger partial charge in [0.15, 0.2) is 5.13 Å². The number of hydrogen-bond donors (Lipinski definition) is 1. The van der Waals surface area contributed by atoms with Crippen molar-refractivity contribution in [2.45, 2.75) is 6.23 Å². The first-order chi connectivity index (χ1) is 9.81. The van der Waals surface area contributed by atoms with Crippen molar-refractivity contribution in [2.24, 2.45) is 0 Å². The van der Waals surface area contributed by atoms with Crippen LogP contribution in [0.5, 0.6) is 0 Å². The minimum atomic E-state index is -0.459. The van der Waals surface area contributed by atoms with Crippen molar-refractivity contribution in [1.82, 2.24) is 4.98 Å². The van der Waals surface area contributed by atoms with Crippen LogP contribution >= 0.6 is 11.3 Å². The highest BCUT2D eigenvalue weighted by atomic mass is 32.1. The molecule has 1 aliphatic rings. The number of carbonyl (C=O) groups excluding carboxylic acids is 1. The molecular weight excluding hydrogens is 272 g/mol. The van der Waals surface area contributed by atoms with E-state index in [1.165, 1.54) is 0 Å². The van der Waals surface area contributed by atoms with E-state index in [0.717, 1.165) is 20.9 Å². The lowest BCUT2D eigenvalue weighted by atomic mass is 10.1. The number of carbonyl (C=O) groups is 1. The number of nitrogens with one attached hydrogen (secondary N) is 1. The Balaban J connectivity index is 1.68. The number of hydrogen-bond acceptors (Lipinski definition) is 5. The molecule has 3 aromatic rings. The molecular formula is C15H10N2O2S. The predicted molar refractivity (Wildman–Crippen MR) is 77.8 cm³/mol. The van der Waals surface area contributed by atoms with Crippen LogP contribution in [0.1, 0.15) is 22.1 Å². The molecule has 1 atom stereocenters. The Morgan fingerprint density at radius 1 is 1.10 bits per heavy atom. The summed E-state index contributed by atoms with van der Waals surface area (Å²) in [6.45, 7) is 0. The van der Waals surface area contributed by atoms with Crippen LogP contribution in [-0.2, 0) is 4.74 Å². The largest absolute Gasteiger partial charge is 0.434 e. The lowest BCUT2D eigenvalue weighted by Gasteiger charge is -2.11. The SMILES string of the molecule is O=C1O[C@H](Nc2nc3ccccc3s2)c2ccccc21. The first-order valence-electron chi connectivity index (χ1n) is 6.23. The Kier molecular flexibility index (Phi) is 2.47. The Morgan fingerprint density at radius 3 is 2.80 bits per heavy atom. The van der Waals surface area contributed by atoms with E-state index in [1.807, 2.05) is 42.5 Å². The highest BCUT2D eigenvalue weighted by molar-refractivity contribution is 7.22. The van der Waals surface area contributed by atoms with Crippen LogP contribution in [0.15, 0.2) is 48.5 Å². The summed E-state index contributed by atoms with van der Waals surface area (Å²) in [5.41, 5.74) is 2.42. The van der Waals surface area contributed by atoms with Gasteiger partial charge in [-0.15, -0.1) is 0 Å². The second-order valence-corrected chi connectivity index (χ2v) is 5.53. The molecule has 1 aliphatic heterocycles. The van der Waals surface area contributed by atoms with Crippen LogP contribution < -0.4 is 5.32 Å². The van der Waals surface area contributed by atoms with Gasteiger partial charge in [0.25, 0.3) is 0 Å². The Labute approximate surface area is 119 Å². The van der Waals surface area contributed by atoms with Crippen LogP contribution in [0, 0.1) is 0 Å². The zero-order chi connectivity index (χ0) is 13.5. The van der Waals surface area contributed by atoms with Gasteiger partial charge in [-0.3, -0.25) is 0 Å². The van der Waals surface area contributed by atoms with Gasteiger partial charge in [-0.2, -0.15) is 0 Å². The van der Waals surface area contributed by atoms with Crippen molar-refractivity contribution in [3.8, 4) is 0 Å². The molecule has 20 heavy (non-hydrogen) atoms. The zero-order valence-corrected chi connectivity index (χ0v) is 11.2. The van der Waals surface area contributed by atoms with Gasteiger partial charge >= 0.3 is 5.97 Å². The molecule has 0 aliphatic carbocycles. The minimum absolute atomic E-state index is 0.292. The quantitative estimate of drug-likeness (QED) is 0.730. The van der Waals surface area contributed by atoms with E-state index in [4.69, 9.17) is 4.74 Å². The number of benzene rings is 2. The number of cyclic esters (lactones) is 1. The molecule has 0 spiro atoms. The van der Waals surface area contributed by atoms with Gasteiger partial charge in [-0.25, -0.2) is 9.78 Å². The summed E-state index contributed by atoms with van der Waals surface area (Å²) in [7, 11) is 0. The average Bonchev–Trinajstić information content (AvgIpc) is 3.01. The van der Waals surface area contributed by atoms with E-state index >= 15 is 0 Å². The van der Waals surface area contributed by atoms with Crippen LogP contribution in [0.25, 0.3) is 10.2 Å². The summed E-state index contributed by atoms with van der Waals surface area (Å²) in [6, 6.07) is 15.3. The fourth-order valence-electron chi connectivity index (χ4n) is 2.30. The van der Waals surface area contributed by atoms with E-state index in [0.29, 0.717) is 5.56 Å². The van der Waals surface area contributed by atoms with Crippen LogP contribution in [0.4, 0.5) is 5.13 Å². The third-order valence-corrected chi connectivity index (χ3v) is 4.20. The van der Waals surface area contributed by atoms with Crippen molar-refractivity contribution < 1.29 is 9.53 Å². The van der Waals surface area contributed by atoms with Crippen molar-refractivity contribution >= 4 is 32.7 Å². The van der Waals surface area contributed by atoms with Crippen molar-refractivity contribution in [3.63, 3.8) is 0 Å². The fraction of sp³-hybridized carbons (Fsp3) is 0.0667. The predicted octanol–water partition coefficient (Wildman–Crippen LogP) is 3.58. The van der Waals surface area contributed by atoms with Crippen LogP contribution in [0.3, 0.4) is 0 Å². The maximum atomic E-state index is 11.8. The molecule has 0 bridgehead atoms. The van der Waals surface area contributed by atoms with Gasteiger partial charge in [0, 0.05) is 5.56 Å². The number of esters is 1. The van der Waals surface area contributed by atoms with E-state index in [1.54, 1.807) is 17.4 Å². The number of nitrogens with zero attached hydrogens (tertiary/aromatic N) is 1. The molecule has 4 nitrogen and oxygen atoms in total. The Bertz CT molecular complexity index is 779. The number of thiazole rings is 1. The van der Waals surface area contributed by atoms with E-state index in [9.17, 15) is 4.79 Å². The zero-order valence-electron chi connectivity index (χ0n) is 10.4. The summed E-state index contributed by atoms with van der Waals surface area (Å²) in [6.07, 6.45) is -0.459. The van der Waals surface area contributed by atoms with Crippen LogP contribution in [-0.4, -0.2) is 11.0 Å². The van der Waals surface area contributed by atoms with E-state index in [-0.39, 0.29) is 5.97 Å². The molecule has 2 aromatic carbocycles. The molecule has 1 aromatic heterocycles. The molecule has 0 unspecified atom stereocenters. The molecule has 4 rings (SSSR count). The van der Waals surface area contributed by atoms with Gasteiger partial charge in [-0.1, -0.05) is 41.7 Å². The topological polar surface area (TPSA) is 51.2 Å². The average molecular weight is 282 g/mol. The van der Waals surface area contributed by atoms with Gasteiger partial charge in [0.2, 0.25) is 6.23 Å². The summed E-state index contributed by atoms with van der Waals surface area (Å²) in [5, 5.41) is 3.93. The van der Waals surface area contributed by atoms with Gasteiger partial charge < -0.3 is 10.1 Å². The molecule has 98 valence electrons. The van der Waals surface area contributed by atoms with Gasteiger partial charge in [-0.05, 0) is 18.2 Å². The molecule has 0 saturated carbocycles. The number of anilines is 1. The number of para-hydroxylation sites is 1. The normalized spacial score (nSPS) is 17.0. The first kappa shape index (κ1) is 11.4. The lowest BCUT2D eigenvalue weighted by Crippen LogP contribution is -2.09. The smallest absolute Gasteiger partial charge is 0.340 e. The number of aromatic nitrogens is 1. The van der Waals surface area contributed by atoms with Crippen molar-refractivity contribution in [3.05, 3.63) is 59.7 Å². The molecule has 1 N–H and O–H groups in total. The maximum absolute atomic E-state index is 11.8. The number of fused-ring (bicyclic) bond motifs is 2. The standard InChI is InChI=1S/C15H10N2O2S/c18-14-10-6-2-1-5-9(10)13(19-14)17-15-16-11-7-3-4-8-12(11)20-15/h1-8,13H,(H,16,17)/t13-/m0/s1. The highest BCUT2D eigenvalue weighted by Gasteiger charge is 2.30. The molecule has 0 amide bonds. The molecule has 2 heterocycles. The maximum Gasteiger partial charge on any atom is 0.340 e. The minimum Gasteiger partial charge on any atom is -0.434 e. The highest BCUT2D eigenvalue weighted by Crippen LogP contribution is 2.34. The van der Waals surface area contributed by atoms with Crippen LogP contribution in [0.2, 0.25) is 0 Å². The monoisotopic (exact) mass is 282 g/mol. The molecule has 0 radical (unpaired) electrons.